The molecule has 13 heteroatoms. The number of carbonyl (C=O) groups is 3. The van der Waals surface area contributed by atoms with Crippen LogP contribution >= 0.6 is 28.3 Å². The van der Waals surface area contributed by atoms with E-state index in [0.29, 0.717) is 65.7 Å². The zero-order valence-corrected chi connectivity index (χ0v) is 29.3. The van der Waals surface area contributed by atoms with E-state index < -0.39 is 11.4 Å². The molecule has 2 heterocycles. The van der Waals surface area contributed by atoms with Crippen LogP contribution in [-0.2, 0) is 23.2 Å². The number of halogens is 1. The number of amidine groups is 1. The lowest BCUT2D eigenvalue weighted by atomic mass is 9.84. The van der Waals surface area contributed by atoms with Gasteiger partial charge in [-0.15, -0.1) is 28.3 Å². The molecule has 2 aromatic carbocycles. The first-order valence-electron chi connectivity index (χ1n) is 14.9. The van der Waals surface area contributed by atoms with Crippen LogP contribution in [0.1, 0.15) is 83.0 Å². The van der Waals surface area contributed by atoms with Crippen molar-refractivity contribution in [3.8, 4) is 17.2 Å². The van der Waals surface area contributed by atoms with E-state index in [4.69, 9.17) is 19.6 Å². The highest BCUT2D eigenvalue weighted by atomic mass is 79.9. The number of Topliss-reactive ketones (excluding diaryl/α,β-unsaturated/α-hetero) is 1. The molecule has 0 saturated heterocycles. The molecular formula is C33H41BrN4O7S. The summed E-state index contributed by atoms with van der Waals surface area (Å²) < 4.78 is 17.9. The Morgan fingerprint density at radius 1 is 1.09 bits per heavy atom. The molecule has 0 unspecified atom stereocenters. The molecule has 4 rings (SSSR count). The van der Waals surface area contributed by atoms with Gasteiger partial charge < -0.3 is 29.5 Å². The molecule has 3 aromatic rings. The van der Waals surface area contributed by atoms with Gasteiger partial charge in [0.2, 0.25) is 0 Å². The highest BCUT2D eigenvalue weighted by Gasteiger charge is 2.31. The first kappa shape index (κ1) is 36.5. The fourth-order valence-electron chi connectivity index (χ4n) is 5.01. The van der Waals surface area contributed by atoms with Crippen molar-refractivity contribution >= 4 is 51.8 Å². The molecule has 0 aliphatic carbocycles. The number of hydrogen-bond donors (Lipinski definition) is 3. The summed E-state index contributed by atoms with van der Waals surface area (Å²) in [5.74, 6) is -0.151. The molecule has 0 fully saturated rings. The highest BCUT2D eigenvalue weighted by Crippen LogP contribution is 2.41. The minimum Gasteiger partial charge on any atom is -0.493 e. The van der Waals surface area contributed by atoms with Gasteiger partial charge >= 0.3 is 5.97 Å². The topological polar surface area (TPSA) is 151 Å². The molecule has 3 N–H and O–H groups in total. The number of carboxylic acid groups (broad SMARTS) is 1. The quantitative estimate of drug-likeness (QED) is 0.134. The number of hydrogen-bond acceptors (Lipinski definition) is 9. The van der Waals surface area contributed by atoms with Gasteiger partial charge in [0.1, 0.15) is 11.6 Å². The Hall–Kier alpha value is -3.97. The van der Waals surface area contributed by atoms with Crippen LogP contribution in [0.15, 0.2) is 35.8 Å². The molecular weight excluding hydrogens is 676 g/mol. The van der Waals surface area contributed by atoms with Crippen molar-refractivity contribution in [3.63, 3.8) is 0 Å². The molecule has 0 spiro atoms. The predicted molar refractivity (Wildman–Crippen MR) is 182 cm³/mol. The van der Waals surface area contributed by atoms with Crippen molar-refractivity contribution in [2.45, 2.75) is 58.9 Å². The molecule has 1 amide bonds. The minimum absolute atomic E-state index is 0. The third kappa shape index (κ3) is 8.85. The molecule has 1 aliphatic rings. The van der Waals surface area contributed by atoms with Gasteiger partial charge in [-0.2, -0.15) is 0 Å². The van der Waals surface area contributed by atoms with Crippen LogP contribution in [0.25, 0.3) is 0 Å². The van der Waals surface area contributed by atoms with E-state index in [1.807, 2.05) is 33.1 Å². The Labute approximate surface area is 283 Å². The van der Waals surface area contributed by atoms with Crippen LogP contribution in [0, 0.1) is 5.41 Å². The van der Waals surface area contributed by atoms with Gasteiger partial charge in [0.05, 0.1) is 43.4 Å². The summed E-state index contributed by atoms with van der Waals surface area (Å²) in [5.41, 5.74) is 2.35. The Morgan fingerprint density at radius 3 is 2.48 bits per heavy atom. The Balaban J connectivity index is 0.00000576. The van der Waals surface area contributed by atoms with Crippen LogP contribution in [-0.4, -0.2) is 71.9 Å². The molecule has 248 valence electrons. The molecule has 46 heavy (non-hydrogen) atoms. The molecule has 11 nitrogen and oxygen atoms in total. The SMILES string of the molecule is Br.CCOc1cc2c(cc1C(=O)NC)C(=N)N(CC(=O)c1cc(OCCCc3nccs3)c(OCCC(=O)O)c(C(C)(C)C)c1)C2. The summed E-state index contributed by atoms with van der Waals surface area (Å²) in [7, 11) is 1.54. The number of ether oxygens (including phenoxy) is 3. The van der Waals surface area contributed by atoms with Crippen LogP contribution in [0.3, 0.4) is 0 Å². The number of thiazole rings is 1. The summed E-state index contributed by atoms with van der Waals surface area (Å²) in [6, 6.07) is 6.82. The number of rotatable bonds is 15. The minimum atomic E-state index is -0.977. The number of ketones is 1. The second-order valence-corrected chi connectivity index (χ2v) is 12.6. The Morgan fingerprint density at radius 2 is 1.85 bits per heavy atom. The average Bonchev–Trinajstić information content (AvgIpc) is 3.61. The van der Waals surface area contributed by atoms with Gasteiger partial charge in [-0.1, -0.05) is 20.8 Å². The second-order valence-electron chi connectivity index (χ2n) is 11.6. The van der Waals surface area contributed by atoms with Crippen LogP contribution in [0.5, 0.6) is 17.2 Å². The van der Waals surface area contributed by atoms with E-state index in [0.717, 1.165) is 17.0 Å². The maximum Gasteiger partial charge on any atom is 0.306 e. The standard InChI is InChI=1S/C33H40N4O7S.BrH/c1-6-42-26-16-21-18-37(31(34)22(21)17-23(26)32(41)35-5)19-25(38)20-14-24(33(2,3)4)30(44-12-9-29(39)40)27(15-20)43-11-7-8-28-36-10-13-45-28;/h10,13-17,34H,6-9,11-12,18-19H2,1-5H3,(H,35,41)(H,39,40);1H. The lowest BCUT2D eigenvalue weighted by Crippen LogP contribution is -2.30. The van der Waals surface area contributed by atoms with Gasteiger partial charge in [-0.05, 0) is 48.6 Å². The van der Waals surface area contributed by atoms with E-state index in [2.05, 4.69) is 10.3 Å². The summed E-state index contributed by atoms with van der Waals surface area (Å²) in [4.78, 5) is 43.5. The van der Waals surface area contributed by atoms with Crippen molar-refractivity contribution in [1.82, 2.24) is 15.2 Å². The van der Waals surface area contributed by atoms with Crippen LogP contribution in [0.4, 0.5) is 0 Å². The van der Waals surface area contributed by atoms with Crippen molar-refractivity contribution < 1.29 is 33.7 Å². The smallest absolute Gasteiger partial charge is 0.306 e. The van der Waals surface area contributed by atoms with Crippen molar-refractivity contribution in [2.24, 2.45) is 0 Å². The summed E-state index contributed by atoms with van der Waals surface area (Å²) in [6.45, 7) is 8.71. The van der Waals surface area contributed by atoms with Crippen LogP contribution in [0.2, 0.25) is 0 Å². The molecule has 1 aliphatic heterocycles. The molecule has 1 aromatic heterocycles. The number of carbonyl (C=O) groups excluding carboxylic acids is 2. The number of fused-ring (bicyclic) bond motifs is 1. The van der Waals surface area contributed by atoms with E-state index in [-0.39, 0.29) is 54.1 Å². The average molecular weight is 718 g/mol. The largest absolute Gasteiger partial charge is 0.493 e. The van der Waals surface area contributed by atoms with E-state index in [1.54, 1.807) is 46.7 Å². The molecule has 0 bridgehead atoms. The monoisotopic (exact) mass is 716 g/mol. The summed E-state index contributed by atoms with van der Waals surface area (Å²) >= 11 is 1.57. The lowest BCUT2D eigenvalue weighted by molar-refractivity contribution is -0.137. The predicted octanol–water partition coefficient (Wildman–Crippen LogP) is 5.67. The lowest BCUT2D eigenvalue weighted by Gasteiger charge is -2.26. The van der Waals surface area contributed by atoms with Gasteiger partial charge in [-0.25, -0.2) is 4.98 Å². The fourth-order valence-corrected chi connectivity index (χ4v) is 5.68. The maximum atomic E-state index is 13.8. The van der Waals surface area contributed by atoms with Gasteiger partial charge in [0.25, 0.3) is 5.91 Å². The number of nitrogens with zero attached hydrogens (tertiary/aromatic N) is 2. The van der Waals surface area contributed by atoms with E-state index >= 15 is 0 Å². The summed E-state index contributed by atoms with van der Waals surface area (Å²) in [6.07, 6.45) is 3.01. The molecule has 0 saturated carbocycles. The molecule has 0 atom stereocenters. The second kappa shape index (κ2) is 16.0. The highest BCUT2D eigenvalue weighted by molar-refractivity contribution is 8.93. The number of nitrogens with one attached hydrogen (secondary N) is 2. The van der Waals surface area contributed by atoms with Crippen molar-refractivity contribution in [3.05, 3.63) is 68.7 Å². The number of aryl methyl sites for hydroxylation is 1. The Kier molecular flexibility index (Phi) is 12.7. The normalized spacial score (nSPS) is 12.3. The number of aromatic nitrogens is 1. The van der Waals surface area contributed by atoms with Crippen molar-refractivity contribution in [1.29, 1.82) is 5.41 Å². The number of carboxylic acids is 1. The van der Waals surface area contributed by atoms with E-state index in [1.165, 1.54) is 7.05 Å². The van der Waals surface area contributed by atoms with E-state index in [9.17, 15) is 19.5 Å². The first-order valence-corrected chi connectivity index (χ1v) is 15.7. The van der Waals surface area contributed by atoms with Gasteiger partial charge in [0, 0.05) is 48.3 Å². The van der Waals surface area contributed by atoms with Gasteiger partial charge in [0.15, 0.2) is 17.3 Å². The molecule has 0 radical (unpaired) electrons. The van der Waals surface area contributed by atoms with Gasteiger partial charge in [-0.3, -0.25) is 19.8 Å². The Bertz CT molecular complexity index is 1570. The number of aliphatic carboxylic acids is 1. The number of benzene rings is 2. The van der Waals surface area contributed by atoms with Crippen molar-refractivity contribution in [2.75, 3.05) is 33.4 Å². The maximum absolute atomic E-state index is 13.8. The number of amides is 1. The fraction of sp³-hybridized carbons (Fsp3) is 0.424. The zero-order chi connectivity index (χ0) is 32.7. The summed E-state index contributed by atoms with van der Waals surface area (Å²) in [5, 5.41) is 23.5. The third-order valence-electron chi connectivity index (χ3n) is 7.27. The first-order chi connectivity index (χ1) is 21.4. The van der Waals surface area contributed by atoms with Crippen LogP contribution < -0.4 is 19.5 Å². The third-order valence-corrected chi connectivity index (χ3v) is 8.11. The zero-order valence-electron chi connectivity index (χ0n) is 26.7.